The van der Waals surface area contributed by atoms with Crippen LogP contribution in [0.5, 0.6) is 0 Å². The summed E-state index contributed by atoms with van der Waals surface area (Å²) in [5.41, 5.74) is 2.18. The second-order valence-corrected chi connectivity index (χ2v) is 9.49. The quantitative estimate of drug-likeness (QED) is 0.410. The van der Waals surface area contributed by atoms with E-state index in [4.69, 9.17) is 4.42 Å². The fraction of sp³-hybridized carbons (Fsp3) is 0.174. The Labute approximate surface area is 185 Å². The highest BCUT2D eigenvalue weighted by atomic mass is 32.1. The van der Waals surface area contributed by atoms with Gasteiger partial charge >= 0.3 is 0 Å². The van der Waals surface area contributed by atoms with E-state index in [0.29, 0.717) is 17.6 Å². The maximum absolute atomic E-state index is 13.4. The zero-order chi connectivity index (χ0) is 20.9. The van der Waals surface area contributed by atoms with Crippen LogP contribution in [0.3, 0.4) is 0 Å². The summed E-state index contributed by atoms with van der Waals surface area (Å²) in [6.07, 6.45) is 2.28. The number of thiophene rings is 2. The molecule has 0 unspecified atom stereocenters. The molecule has 6 rings (SSSR count). The zero-order valence-corrected chi connectivity index (χ0v) is 18.0. The van der Waals surface area contributed by atoms with E-state index in [9.17, 15) is 9.59 Å². The maximum atomic E-state index is 13.4. The summed E-state index contributed by atoms with van der Waals surface area (Å²) in [7, 11) is 0. The molecule has 0 N–H and O–H groups in total. The topological polar surface area (TPSA) is 68.3 Å². The second kappa shape index (κ2) is 7.18. The molecule has 0 aliphatic carbocycles. The van der Waals surface area contributed by atoms with Crippen LogP contribution in [-0.4, -0.2) is 26.9 Å². The number of hydrogen-bond acceptors (Lipinski definition) is 6. The third-order valence-corrected chi connectivity index (χ3v) is 7.68. The van der Waals surface area contributed by atoms with Crippen molar-refractivity contribution < 1.29 is 9.21 Å². The van der Waals surface area contributed by atoms with Gasteiger partial charge in [0.15, 0.2) is 0 Å². The molecule has 4 aromatic heterocycles. The number of aromatic nitrogens is 2. The molecule has 1 aliphatic heterocycles. The fourth-order valence-corrected chi connectivity index (χ4v) is 6.06. The molecule has 1 atom stereocenters. The van der Waals surface area contributed by atoms with Gasteiger partial charge in [-0.05, 0) is 47.0 Å². The van der Waals surface area contributed by atoms with Gasteiger partial charge in [0.2, 0.25) is 11.5 Å². The van der Waals surface area contributed by atoms with Crippen LogP contribution in [0, 0.1) is 0 Å². The van der Waals surface area contributed by atoms with E-state index in [1.807, 2.05) is 40.6 Å². The van der Waals surface area contributed by atoms with Crippen LogP contribution in [0.2, 0.25) is 0 Å². The number of rotatable bonds is 3. The zero-order valence-electron chi connectivity index (χ0n) is 16.4. The molecule has 0 spiro atoms. The highest BCUT2D eigenvalue weighted by molar-refractivity contribution is 7.10. The molecule has 0 saturated carbocycles. The third-order valence-electron chi connectivity index (χ3n) is 5.76. The monoisotopic (exact) mass is 447 g/mol. The van der Waals surface area contributed by atoms with E-state index < -0.39 is 0 Å². The van der Waals surface area contributed by atoms with Crippen LogP contribution < -0.4 is 5.56 Å². The predicted octanol–water partition coefficient (Wildman–Crippen LogP) is 4.44. The number of carbonyl (C=O) groups excluding carboxylic acids is 1. The van der Waals surface area contributed by atoms with Crippen molar-refractivity contribution >= 4 is 50.6 Å². The van der Waals surface area contributed by atoms with Crippen molar-refractivity contribution in [3.63, 3.8) is 0 Å². The van der Waals surface area contributed by atoms with Gasteiger partial charge in [0.1, 0.15) is 17.6 Å². The van der Waals surface area contributed by atoms with Crippen LogP contribution in [0.1, 0.15) is 21.4 Å². The minimum absolute atomic E-state index is 0.0693. The van der Waals surface area contributed by atoms with E-state index in [-0.39, 0.29) is 29.6 Å². The highest BCUT2D eigenvalue weighted by Gasteiger charge is 2.33. The van der Waals surface area contributed by atoms with E-state index in [1.165, 1.54) is 21.3 Å². The summed E-state index contributed by atoms with van der Waals surface area (Å²) in [6, 6.07) is 13.5. The van der Waals surface area contributed by atoms with Gasteiger partial charge < -0.3 is 9.32 Å². The van der Waals surface area contributed by atoms with Gasteiger partial charge in [0.25, 0.3) is 5.56 Å². The Morgan fingerprint density at radius 2 is 2.03 bits per heavy atom. The second-order valence-electron chi connectivity index (χ2n) is 7.51. The Balaban J connectivity index is 1.37. The molecule has 154 valence electrons. The lowest BCUT2D eigenvalue weighted by Crippen LogP contribution is -2.42. The van der Waals surface area contributed by atoms with Crippen LogP contribution >= 0.6 is 22.7 Å². The van der Waals surface area contributed by atoms with Crippen LogP contribution in [0.4, 0.5) is 0 Å². The predicted molar refractivity (Wildman–Crippen MR) is 122 cm³/mol. The number of nitrogens with zero attached hydrogens (tertiary/aromatic N) is 3. The highest BCUT2D eigenvalue weighted by Crippen LogP contribution is 2.39. The Hall–Kier alpha value is -3.23. The number of hydrogen-bond donors (Lipinski definition) is 0. The molecule has 0 bridgehead atoms. The van der Waals surface area contributed by atoms with Crippen molar-refractivity contribution in [2.45, 2.75) is 19.0 Å². The first kappa shape index (κ1) is 18.5. The van der Waals surface area contributed by atoms with Crippen molar-refractivity contribution in [1.82, 2.24) is 14.5 Å². The molecule has 8 heteroatoms. The minimum atomic E-state index is -0.338. The first-order valence-corrected chi connectivity index (χ1v) is 11.7. The lowest BCUT2D eigenvalue weighted by atomic mass is 9.98. The van der Waals surface area contributed by atoms with Gasteiger partial charge in [-0.2, -0.15) is 0 Å². The number of carbonyl (C=O) groups is 1. The summed E-state index contributed by atoms with van der Waals surface area (Å²) < 4.78 is 7.10. The van der Waals surface area contributed by atoms with Crippen molar-refractivity contribution in [3.05, 3.63) is 85.2 Å². The minimum Gasteiger partial charge on any atom is -0.448 e. The SMILES string of the molecule is O=C(Cn1cnc2c(oc3ccccc32)c1=O)N1CCc2sccc2[C@@H]1c1cccs1. The van der Waals surface area contributed by atoms with Crippen LogP contribution in [-0.2, 0) is 17.8 Å². The number of amides is 1. The molecule has 1 amide bonds. The number of benzene rings is 1. The van der Waals surface area contributed by atoms with Gasteiger partial charge in [0, 0.05) is 21.7 Å². The van der Waals surface area contributed by atoms with Gasteiger partial charge in [0.05, 0.1) is 12.4 Å². The van der Waals surface area contributed by atoms with Gasteiger partial charge in [-0.3, -0.25) is 14.2 Å². The fourth-order valence-electron chi connectivity index (χ4n) is 4.30. The summed E-state index contributed by atoms with van der Waals surface area (Å²) in [4.78, 5) is 35.2. The maximum Gasteiger partial charge on any atom is 0.297 e. The standard InChI is InChI=1S/C23H17N3O3S2/c27-19(26-9-7-17-15(8-11-31-17)21(26)18-6-3-10-30-18)12-25-13-24-20-14-4-1-2-5-16(14)29-22(20)23(25)28/h1-6,8,10-11,13,21H,7,9,12H2/t21-/m1/s1. The normalized spacial score (nSPS) is 16.1. The van der Waals surface area contributed by atoms with Gasteiger partial charge in [-0.15, -0.1) is 22.7 Å². The molecule has 0 radical (unpaired) electrons. The lowest BCUT2D eigenvalue weighted by Gasteiger charge is -2.35. The van der Waals surface area contributed by atoms with Crippen LogP contribution in [0.15, 0.2) is 68.8 Å². The van der Waals surface area contributed by atoms with Crippen molar-refractivity contribution in [1.29, 1.82) is 0 Å². The Morgan fingerprint density at radius 1 is 1.13 bits per heavy atom. The smallest absolute Gasteiger partial charge is 0.297 e. The lowest BCUT2D eigenvalue weighted by molar-refractivity contribution is -0.133. The number of furan rings is 1. The van der Waals surface area contributed by atoms with Gasteiger partial charge in [-0.1, -0.05) is 18.2 Å². The number of para-hydroxylation sites is 1. The molecule has 0 fully saturated rings. The molecule has 1 aliphatic rings. The molecule has 31 heavy (non-hydrogen) atoms. The van der Waals surface area contributed by atoms with E-state index >= 15 is 0 Å². The molecular formula is C23H17N3O3S2. The molecular weight excluding hydrogens is 430 g/mol. The molecule has 5 aromatic rings. The number of fused-ring (bicyclic) bond motifs is 4. The molecule has 1 aromatic carbocycles. The first-order valence-electron chi connectivity index (χ1n) is 9.96. The average Bonchev–Trinajstić information content (AvgIpc) is 3.54. The Bertz CT molecular complexity index is 1480. The van der Waals surface area contributed by atoms with E-state index in [1.54, 1.807) is 22.7 Å². The van der Waals surface area contributed by atoms with Crippen molar-refractivity contribution in [2.75, 3.05) is 6.54 Å². The first-order chi connectivity index (χ1) is 15.2. The summed E-state index contributed by atoms with van der Waals surface area (Å²) in [5.74, 6) is -0.102. The van der Waals surface area contributed by atoms with Crippen molar-refractivity contribution in [2.24, 2.45) is 0 Å². The molecule has 5 heterocycles. The Kier molecular flexibility index (Phi) is 4.29. The van der Waals surface area contributed by atoms with E-state index in [0.717, 1.165) is 16.7 Å². The Morgan fingerprint density at radius 3 is 2.90 bits per heavy atom. The van der Waals surface area contributed by atoms with Crippen LogP contribution in [0.25, 0.3) is 22.1 Å². The molecule has 6 nitrogen and oxygen atoms in total. The summed E-state index contributed by atoms with van der Waals surface area (Å²) in [6.45, 7) is 0.560. The third kappa shape index (κ3) is 2.94. The van der Waals surface area contributed by atoms with Gasteiger partial charge in [-0.25, -0.2) is 4.98 Å². The summed E-state index contributed by atoms with van der Waals surface area (Å²) >= 11 is 3.39. The molecule has 0 saturated heterocycles. The largest absolute Gasteiger partial charge is 0.448 e. The average molecular weight is 448 g/mol. The van der Waals surface area contributed by atoms with Crippen molar-refractivity contribution in [3.8, 4) is 0 Å². The van der Waals surface area contributed by atoms with E-state index in [2.05, 4.69) is 22.5 Å². The summed E-state index contributed by atoms with van der Waals surface area (Å²) in [5, 5.41) is 4.91.